The second-order valence-electron chi connectivity index (χ2n) is 6.42. The summed E-state index contributed by atoms with van der Waals surface area (Å²) in [6.45, 7) is 0. The fourth-order valence-corrected chi connectivity index (χ4v) is 3.66. The molecule has 28 heavy (non-hydrogen) atoms. The molecule has 5 heteroatoms. The van der Waals surface area contributed by atoms with Crippen molar-refractivity contribution in [2.24, 2.45) is 0 Å². The minimum atomic E-state index is -0.712. The first-order valence-electron chi connectivity index (χ1n) is 8.75. The van der Waals surface area contributed by atoms with Crippen LogP contribution in [0.2, 0.25) is 0 Å². The van der Waals surface area contributed by atoms with Gasteiger partial charge in [-0.15, -0.1) is 0 Å². The molecule has 4 rings (SSSR count). The van der Waals surface area contributed by atoms with Gasteiger partial charge in [-0.25, -0.2) is 0 Å². The van der Waals surface area contributed by atoms with E-state index < -0.39 is 17.7 Å². The molecule has 1 atom stereocenters. The summed E-state index contributed by atoms with van der Waals surface area (Å²) in [6.07, 6.45) is 0. The Morgan fingerprint density at radius 1 is 0.821 bits per heavy atom. The van der Waals surface area contributed by atoms with E-state index in [1.165, 1.54) is 4.90 Å². The Labute approximate surface area is 170 Å². The van der Waals surface area contributed by atoms with Gasteiger partial charge in [0.15, 0.2) is 0 Å². The number of hydrogen-bond donors (Lipinski definition) is 1. The molecule has 1 aliphatic rings. The number of ketones is 1. The first-order chi connectivity index (χ1) is 13.6. The van der Waals surface area contributed by atoms with Crippen LogP contribution in [-0.2, 0) is 9.59 Å². The number of carbonyl (C=O) groups excluding carboxylic acids is 2. The zero-order valence-corrected chi connectivity index (χ0v) is 16.3. The Kier molecular flexibility index (Phi) is 4.84. The van der Waals surface area contributed by atoms with Crippen LogP contribution < -0.4 is 4.90 Å². The summed E-state index contributed by atoms with van der Waals surface area (Å²) in [6, 6.07) is 24.5. The van der Waals surface area contributed by atoms with Crippen LogP contribution >= 0.6 is 15.9 Å². The van der Waals surface area contributed by atoms with Crippen LogP contribution in [0.1, 0.15) is 17.2 Å². The number of benzene rings is 3. The van der Waals surface area contributed by atoms with Gasteiger partial charge in [-0.1, -0.05) is 76.6 Å². The standard InChI is InChI=1S/C23H16BrNO3/c24-17-13-11-15(12-14-17)20-19(21(26)16-7-3-1-4-8-16)22(27)23(28)25(20)18-9-5-2-6-10-18/h1-14,20,26H/b21-19-. The number of anilines is 1. The van der Waals surface area contributed by atoms with E-state index >= 15 is 0 Å². The number of para-hydroxylation sites is 1. The highest BCUT2D eigenvalue weighted by Gasteiger charge is 2.46. The largest absolute Gasteiger partial charge is 0.507 e. The number of aliphatic hydroxyl groups excluding tert-OH is 1. The van der Waals surface area contributed by atoms with Gasteiger partial charge in [-0.05, 0) is 29.8 Å². The molecule has 0 aliphatic carbocycles. The number of hydrogen-bond acceptors (Lipinski definition) is 3. The molecule has 1 fully saturated rings. The van der Waals surface area contributed by atoms with Crippen molar-refractivity contribution in [1.82, 2.24) is 0 Å². The Bertz CT molecular complexity index is 1060. The predicted octanol–water partition coefficient (Wildman–Crippen LogP) is 5.08. The lowest BCUT2D eigenvalue weighted by Gasteiger charge is -2.25. The highest BCUT2D eigenvalue weighted by molar-refractivity contribution is 9.10. The van der Waals surface area contributed by atoms with Crippen LogP contribution in [0.3, 0.4) is 0 Å². The number of carbonyl (C=O) groups is 2. The van der Waals surface area contributed by atoms with Crippen LogP contribution in [0, 0.1) is 0 Å². The zero-order chi connectivity index (χ0) is 19.7. The summed E-state index contributed by atoms with van der Waals surface area (Å²) in [5.74, 6) is -1.53. The molecule has 1 aliphatic heterocycles. The van der Waals surface area contributed by atoms with Crippen LogP contribution in [-0.4, -0.2) is 16.8 Å². The normalized spacial score (nSPS) is 18.5. The van der Waals surface area contributed by atoms with Gasteiger partial charge >= 0.3 is 0 Å². The van der Waals surface area contributed by atoms with Crippen molar-refractivity contribution in [2.45, 2.75) is 6.04 Å². The van der Waals surface area contributed by atoms with Gasteiger partial charge in [0.25, 0.3) is 11.7 Å². The highest BCUT2D eigenvalue weighted by Crippen LogP contribution is 2.42. The van der Waals surface area contributed by atoms with Gasteiger partial charge in [0.2, 0.25) is 0 Å². The van der Waals surface area contributed by atoms with Gasteiger partial charge in [0.05, 0.1) is 11.6 Å². The predicted molar refractivity (Wildman–Crippen MR) is 112 cm³/mol. The summed E-state index contributed by atoms with van der Waals surface area (Å²) in [4.78, 5) is 27.3. The maximum absolute atomic E-state index is 12.9. The zero-order valence-electron chi connectivity index (χ0n) is 14.7. The molecule has 0 radical (unpaired) electrons. The molecule has 1 saturated heterocycles. The molecule has 0 aromatic heterocycles. The van der Waals surface area contributed by atoms with Gasteiger partial charge in [0.1, 0.15) is 5.76 Å². The summed E-state index contributed by atoms with van der Waals surface area (Å²) in [5, 5.41) is 10.9. The second-order valence-corrected chi connectivity index (χ2v) is 7.34. The van der Waals surface area contributed by atoms with Crippen molar-refractivity contribution in [3.05, 3.63) is 106 Å². The minimum absolute atomic E-state index is 0.0855. The van der Waals surface area contributed by atoms with Gasteiger partial charge in [-0.2, -0.15) is 0 Å². The molecule has 3 aromatic rings. The van der Waals surface area contributed by atoms with E-state index in [-0.39, 0.29) is 11.3 Å². The topological polar surface area (TPSA) is 57.6 Å². The number of Topliss-reactive ketones (excluding diaryl/α,β-unsaturated/α-hetero) is 1. The number of rotatable bonds is 3. The van der Waals surface area contributed by atoms with Crippen molar-refractivity contribution >= 4 is 39.1 Å². The van der Waals surface area contributed by atoms with Crippen molar-refractivity contribution < 1.29 is 14.7 Å². The van der Waals surface area contributed by atoms with E-state index in [1.54, 1.807) is 36.4 Å². The lowest BCUT2D eigenvalue weighted by Crippen LogP contribution is -2.29. The smallest absolute Gasteiger partial charge is 0.300 e. The van der Waals surface area contributed by atoms with E-state index in [1.807, 2.05) is 48.5 Å². The second kappa shape index (κ2) is 7.44. The Morgan fingerprint density at radius 3 is 2.00 bits per heavy atom. The summed E-state index contributed by atoms with van der Waals surface area (Å²) in [5.41, 5.74) is 1.92. The molecule has 3 aromatic carbocycles. The van der Waals surface area contributed by atoms with Gasteiger partial charge < -0.3 is 5.11 Å². The van der Waals surface area contributed by atoms with E-state index in [0.717, 1.165) is 10.0 Å². The summed E-state index contributed by atoms with van der Waals surface area (Å²) in [7, 11) is 0. The molecule has 0 bridgehead atoms. The average molecular weight is 434 g/mol. The number of amides is 1. The van der Waals surface area contributed by atoms with E-state index in [4.69, 9.17) is 0 Å². The molecule has 1 amide bonds. The monoisotopic (exact) mass is 433 g/mol. The fraction of sp³-hybridized carbons (Fsp3) is 0.0435. The van der Waals surface area contributed by atoms with Crippen LogP contribution in [0.25, 0.3) is 5.76 Å². The molecular weight excluding hydrogens is 418 g/mol. The Hall–Kier alpha value is -3.18. The first kappa shape index (κ1) is 18.2. The van der Waals surface area contributed by atoms with Crippen molar-refractivity contribution in [1.29, 1.82) is 0 Å². The van der Waals surface area contributed by atoms with E-state index in [0.29, 0.717) is 11.3 Å². The molecule has 0 spiro atoms. The number of aliphatic hydroxyl groups is 1. The quantitative estimate of drug-likeness (QED) is 0.356. The lowest BCUT2D eigenvalue weighted by molar-refractivity contribution is -0.132. The van der Waals surface area contributed by atoms with Gasteiger partial charge in [0, 0.05) is 15.7 Å². The number of nitrogens with zero attached hydrogens (tertiary/aromatic N) is 1. The third-order valence-corrected chi connectivity index (χ3v) is 5.24. The molecule has 4 nitrogen and oxygen atoms in total. The molecule has 1 unspecified atom stereocenters. The van der Waals surface area contributed by atoms with Crippen molar-refractivity contribution in [3.8, 4) is 0 Å². The molecular formula is C23H16BrNO3. The van der Waals surface area contributed by atoms with Crippen LogP contribution in [0.15, 0.2) is 95.0 Å². The highest BCUT2D eigenvalue weighted by atomic mass is 79.9. The maximum Gasteiger partial charge on any atom is 0.300 e. The summed E-state index contributed by atoms with van der Waals surface area (Å²) >= 11 is 3.41. The van der Waals surface area contributed by atoms with Crippen LogP contribution in [0.5, 0.6) is 0 Å². The minimum Gasteiger partial charge on any atom is -0.507 e. The molecule has 0 saturated carbocycles. The van der Waals surface area contributed by atoms with Crippen molar-refractivity contribution in [2.75, 3.05) is 4.90 Å². The van der Waals surface area contributed by atoms with Crippen LogP contribution in [0.4, 0.5) is 5.69 Å². The lowest BCUT2D eigenvalue weighted by atomic mass is 9.95. The van der Waals surface area contributed by atoms with E-state index in [9.17, 15) is 14.7 Å². The Morgan fingerprint density at radius 2 is 1.39 bits per heavy atom. The van der Waals surface area contributed by atoms with Crippen molar-refractivity contribution in [3.63, 3.8) is 0 Å². The van der Waals surface area contributed by atoms with E-state index in [2.05, 4.69) is 15.9 Å². The molecule has 1 N–H and O–H groups in total. The number of halogens is 1. The average Bonchev–Trinajstić information content (AvgIpc) is 3.00. The maximum atomic E-state index is 12.9. The fourth-order valence-electron chi connectivity index (χ4n) is 3.40. The third-order valence-electron chi connectivity index (χ3n) is 4.71. The third kappa shape index (κ3) is 3.14. The SMILES string of the molecule is O=C1C(=O)N(c2ccccc2)C(c2ccc(Br)cc2)/C1=C(/O)c1ccccc1. The van der Waals surface area contributed by atoms with Gasteiger partial charge in [-0.3, -0.25) is 14.5 Å². The molecule has 138 valence electrons. The summed E-state index contributed by atoms with van der Waals surface area (Å²) < 4.78 is 0.885. The Balaban J connectivity index is 1.95. The first-order valence-corrected chi connectivity index (χ1v) is 9.54. The molecule has 1 heterocycles.